The molecule has 0 fully saturated rings. The molecule has 0 amide bonds. The van der Waals surface area contributed by atoms with Crippen molar-refractivity contribution in [3.05, 3.63) is 65.7 Å². The van der Waals surface area contributed by atoms with Crippen LogP contribution in [0.25, 0.3) is 17.2 Å². The van der Waals surface area contributed by atoms with Gasteiger partial charge in [-0.05, 0) is 24.3 Å². The Kier molecular flexibility index (Phi) is 3.76. The molecule has 1 N–H and O–H groups in total. The van der Waals surface area contributed by atoms with E-state index < -0.39 is 0 Å². The molecule has 0 saturated heterocycles. The van der Waals surface area contributed by atoms with Gasteiger partial charge in [-0.2, -0.15) is 9.61 Å². The average molecular weight is 338 g/mol. The van der Waals surface area contributed by atoms with Gasteiger partial charge in [-0.25, -0.2) is 0 Å². The minimum absolute atomic E-state index is 0.336. The number of fused-ring (bicyclic) bond motifs is 1. The summed E-state index contributed by atoms with van der Waals surface area (Å²) in [6, 6.07) is 13.0. The van der Waals surface area contributed by atoms with Crippen LogP contribution in [0.15, 0.2) is 54.9 Å². The van der Waals surface area contributed by atoms with Crippen LogP contribution in [0.4, 0.5) is 5.69 Å². The molecule has 0 aliphatic carbocycles. The highest BCUT2D eigenvalue weighted by atomic mass is 35.5. The molecule has 118 valence electrons. The quantitative estimate of drug-likeness (QED) is 0.616. The van der Waals surface area contributed by atoms with E-state index >= 15 is 0 Å². The van der Waals surface area contributed by atoms with Crippen molar-refractivity contribution < 1.29 is 0 Å². The van der Waals surface area contributed by atoms with Crippen LogP contribution in [-0.2, 0) is 6.54 Å². The van der Waals surface area contributed by atoms with E-state index in [0.717, 1.165) is 11.4 Å². The van der Waals surface area contributed by atoms with Gasteiger partial charge in [-0.15, -0.1) is 10.2 Å². The summed E-state index contributed by atoms with van der Waals surface area (Å²) in [5.74, 6) is 0.536. The molecule has 24 heavy (non-hydrogen) atoms. The summed E-state index contributed by atoms with van der Waals surface area (Å²) in [6.45, 7) is 0.544. The number of hydrogen-bond acceptors (Lipinski definition) is 6. The van der Waals surface area contributed by atoms with Crippen molar-refractivity contribution in [1.29, 1.82) is 0 Å². The lowest BCUT2D eigenvalue weighted by atomic mass is 10.3. The van der Waals surface area contributed by atoms with Crippen molar-refractivity contribution in [2.75, 3.05) is 5.32 Å². The van der Waals surface area contributed by atoms with Crippen LogP contribution < -0.4 is 5.32 Å². The standard InChI is InChI=1S/C16H12ClN7/c17-14-9-13(20-10-11-5-1-3-7-18-11)16-22-21-15(24(16)23-14)12-6-2-4-8-19-12/h1-9,20H,10H2. The first kappa shape index (κ1) is 14.5. The molecular weight excluding hydrogens is 326 g/mol. The van der Waals surface area contributed by atoms with E-state index in [1.807, 2.05) is 36.4 Å². The second-order valence-corrected chi connectivity index (χ2v) is 5.42. The van der Waals surface area contributed by atoms with E-state index in [1.165, 1.54) is 0 Å². The molecule has 0 bridgehead atoms. The molecule has 0 atom stereocenters. The van der Waals surface area contributed by atoms with Crippen molar-refractivity contribution in [1.82, 2.24) is 29.8 Å². The molecule has 8 heteroatoms. The lowest BCUT2D eigenvalue weighted by Crippen LogP contribution is -2.05. The molecule has 0 aromatic carbocycles. The van der Waals surface area contributed by atoms with Gasteiger partial charge in [-0.3, -0.25) is 9.97 Å². The minimum Gasteiger partial charge on any atom is -0.376 e. The normalized spacial score (nSPS) is 10.9. The molecule has 0 spiro atoms. The predicted molar refractivity (Wildman–Crippen MR) is 90.6 cm³/mol. The Hall–Kier alpha value is -3.06. The van der Waals surface area contributed by atoms with Crippen molar-refractivity contribution in [3.63, 3.8) is 0 Å². The first-order valence-electron chi connectivity index (χ1n) is 7.28. The van der Waals surface area contributed by atoms with E-state index in [1.54, 1.807) is 23.0 Å². The Morgan fingerprint density at radius 3 is 2.58 bits per heavy atom. The number of pyridine rings is 2. The van der Waals surface area contributed by atoms with E-state index in [0.29, 0.717) is 28.9 Å². The maximum Gasteiger partial charge on any atom is 0.203 e. The zero-order chi connectivity index (χ0) is 16.4. The Morgan fingerprint density at radius 2 is 1.83 bits per heavy atom. The Bertz CT molecular complexity index is 970. The molecule has 4 aromatic rings. The highest BCUT2D eigenvalue weighted by molar-refractivity contribution is 6.29. The number of aromatic nitrogens is 6. The number of halogens is 1. The minimum atomic E-state index is 0.336. The molecule has 0 radical (unpaired) electrons. The van der Waals surface area contributed by atoms with Crippen LogP contribution in [0.2, 0.25) is 5.15 Å². The second-order valence-electron chi connectivity index (χ2n) is 5.03. The first-order valence-corrected chi connectivity index (χ1v) is 7.66. The highest BCUT2D eigenvalue weighted by Crippen LogP contribution is 2.23. The lowest BCUT2D eigenvalue weighted by molar-refractivity contribution is 0.926. The maximum atomic E-state index is 6.16. The summed E-state index contributed by atoms with van der Waals surface area (Å²) >= 11 is 6.16. The summed E-state index contributed by atoms with van der Waals surface area (Å²) in [6.07, 6.45) is 3.45. The van der Waals surface area contributed by atoms with Gasteiger partial charge in [0.05, 0.1) is 17.9 Å². The van der Waals surface area contributed by atoms with Crippen molar-refractivity contribution in [3.8, 4) is 11.5 Å². The molecule has 7 nitrogen and oxygen atoms in total. The van der Waals surface area contributed by atoms with Crippen LogP contribution in [0, 0.1) is 0 Å². The van der Waals surface area contributed by atoms with E-state index in [-0.39, 0.29) is 0 Å². The second kappa shape index (κ2) is 6.21. The average Bonchev–Trinajstić information content (AvgIpc) is 3.05. The first-order chi connectivity index (χ1) is 11.8. The summed E-state index contributed by atoms with van der Waals surface area (Å²) in [5.41, 5.74) is 2.90. The number of rotatable bonds is 4. The predicted octanol–water partition coefficient (Wildman–Crippen LogP) is 2.85. The van der Waals surface area contributed by atoms with Gasteiger partial charge < -0.3 is 5.32 Å². The van der Waals surface area contributed by atoms with E-state index in [9.17, 15) is 0 Å². The summed E-state index contributed by atoms with van der Waals surface area (Å²) in [7, 11) is 0. The molecular formula is C16H12ClN7. The molecule has 0 aliphatic heterocycles. The molecule has 4 heterocycles. The molecule has 0 aliphatic rings. The topological polar surface area (TPSA) is 80.9 Å². The summed E-state index contributed by atoms with van der Waals surface area (Å²) in [5, 5.41) is 16.3. The van der Waals surface area contributed by atoms with Gasteiger partial charge in [0.15, 0.2) is 5.15 Å². The van der Waals surface area contributed by atoms with Gasteiger partial charge in [0, 0.05) is 18.5 Å². The van der Waals surface area contributed by atoms with E-state index in [2.05, 4.69) is 30.6 Å². The highest BCUT2D eigenvalue weighted by Gasteiger charge is 2.14. The van der Waals surface area contributed by atoms with Crippen LogP contribution in [0.5, 0.6) is 0 Å². The van der Waals surface area contributed by atoms with Crippen LogP contribution in [-0.4, -0.2) is 29.8 Å². The smallest absolute Gasteiger partial charge is 0.203 e. The van der Waals surface area contributed by atoms with Crippen molar-refractivity contribution in [2.24, 2.45) is 0 Å². The zero-order valence-electron chi connectivity index (χ0n) is 12.5. The lowest BCUT2D eigenvalue weighted by Gasteiger charge is -2.07. The third kappa shape index (κ3) is 2.77. The molecule has 0 saturated carbocycles. The van der Waals surface area contributed by atoms with Crippen molar-refractivity contribution in [2.45, 2.75) is 6.54 Å². The van der Waals surface area contributed by atoms with Gasteiger partial charge in [0.1, 0.15) is 5.69 Å². The molecule has 4 aromatic heterocycles. The van der Waals surface area contributed by atoms with Crippen LogP contribution in [0.3, 0.4) is 0 Å². The number of hydrogen-bond donors (Lipinski definition) is 1. The molecule has 4 rings (SSSR count). The largest absolute Gasteiger partial charge is 0.376 e. The third-order valence-corrected chi connectivity index (χ3v) is 3.61. The summed E-state index contributed by atoms with van der Waals surface area (Å²) < 4.78 is 1.59. The van der Waals surface area contributed by atoms with E-state index in [4.69, 9.17) is 11.6 Å². The Balaban J connectivity index is 1.73. The monoisotopic (exact) mass is 337 g/mol. The third-order valence-electron chi connectivity index (χ3n) is 3.42. The summed E-state index contributed by atoms with van der Waals surface area (Å²) in [4.78, 5) is 8.57. The van der Waals surface area contributed by atoms with Crippen LogP contribution >= 0.6 is 11.6 Å². The maximum absolute atomic E-state index is 6.16. The Morgan fingerprint density at radius 1 is 1.00 bits per heavy atom. The van der Waals surface area contributed by atoms with Crippen molar-refractivity contribution >= 4 is 22.9 Å². The number of nitrogens with one attached hydrogen (secondary N) is 1. The Labute approximate surface area is 142 Å². The van der Waals surface area contributed by atoms with Gasteiger partial charge >= 0.3 is 0 Å². The zero-order valence-corrected chi connectivity index (χ0v) is 13.2. The fraction of sp³-hybridized carbons (Fsp3) is 0.0625. The SMILES string of the molecule is Clc1cc(NCc2ccccn2)c2nnc(-c3ccccn3)n2n1. The fourth-order valence-corrected chi connectivity index (χ4v) is 2.51. The van der Waals surface area contributed by atoms with Gasteiger partial charge in [-0.1, -0.05) is 23.7 Å². The molecule has 0 unspecified atom stereocenters. The van der Waals surface area contributed by atoms with Gasteiger partial charge in [0.25, 0.3) is 0 Å². The number of nitrogens with zero attached hydrogens (tertiary/aromatic N) is 6. The number of anilines is 1. The van der Waals surface area contributed by atoms with Crippen LogP contribution in [0.1, 0.15) is 5.69 Å². The van der Waals surface area contributed by atoms with Gasteiger partial charge in [0.2, 0.25) is 11.5 Å². The fourth-order valence-electron chi connectivity index (χ4n) is 2.32.